The molecule has 2 aromatic heterocycles. The summed E-state index contributed by atoms with van der Waals surface area (Å²) in [5, 5.41) is 6.97. The number of methoxy groups -OCH3 is 1. The molecule has 1 N–H and O–H groups in total. The smallest absolute Gasteiger partial charge is 0.316 e. The summed E-state index contributed by atoms with van der Waals surface area (Å²) in [7, 11) is 3.26. The number of rotatable bonds is 5. The Kier molecular flexibility index (Phi) is 4.46. The van der Waals surface area contributed by atoms with Crippen LogP contribution in [0.25, 0.3) is 0 Å². The van der Waals surface area contributed by atoms with Gasteiger partial charge in [-0.25, -0.2) is 15.0 Å². The molecule has 21 heavy (non-hydrogen) atoms. The van der Waals surface area contributed by atoms with Crippen molar-refractivity contribution in [1.82, 2.24) is 30.0 Å². The number of aromatic nitrogens is 5. The fourth-order valence-electron chi connectivity index (χ4n) is 1.88. The van der Waals surface area contributed by atoms with Gasteiger partial charge in [0.2, 0.25) is 0 Å². The first-order valence-electron chi connectivity index (χ1n) is 6.53. The summed E-state index contributed by atoms with van der Waals surface area (Å²) in [6.07, 6.45) is 4.32. The van der Waals surface area contributed by atoms with E-state index in [0.29, 0.717) is 11.4 Å². The van der Waals surface area contributed by atoms with E-state index in [-0.39, 0.29) is 23.9 Å². The highest BCUT2D eigenvalue weighted by atomic mass is 16.5. The first-order chi connectivity index (χ1) is 10.0. The summed E-state index contributed by atoms with van der Waals surface area (Å²) in [5.74, 6) is 0.600. The average Bonchev–Trinajstić information content (AvgIpc) is 2.90. The molecule has 2 heterocycles. The van der Waals surface area contributed by atoms with Crippen LogP contribution in [0.2, 0.25) is 0 Å². The monoisotopic (exact) mass is 290 g/mol. The van der Waals surface area contributed by atoms with Gasteiger partial charge in [-0.3, -0.25) is 9.48 Å². The maximum Gasteiger partial charge on any atom is 0.316 e. The first kappa shape index (κ1) is 14.9. The van der Waals surface area contributed by atoms with Crippen LogP contribution in [0.3, 0.4) is 0 Å². The Morgan fingerprint density at radius 1 is 1.29 bits per heavy atom. The molecule has 0 unspecified atom stereocenters. The van der Waals surface area contributed by atoms with Gasteiger partial charge in [-0.2, -0.15) is 5.10 Å². The van der Waals surface area contributed by atoms with Crippen molar-refractivity contribution in [2.75, 3.05) is 7.11 Å². The molecule has 0 saturated heterocycles. The van der Waals surface area contributed by atoms with Crippen molar-refractivity contribution in [1.29, 1.82) is 0 Å². The third-order valence-electron chi connectivity index (χ3n) is 3.05. The first-order valence-corrected chi connectivity index (χ1v) is 6.53. The second-order valence-electron chi connectivity index (χ2n) is 4.90. The SMILES string of the molecule is COc1ncc(C(=O)N[C@H](c2ncnn2C)C(C)C)cn1. The molecule has 0 aliphatic rings. The molecule has 0 bridgehead atoms. The van der Waals surface area contributed by atoms with Gasteiger partial charge in [0.25, 0.3) is 5.91 Å². The molecule has 0 radical (unpaired) electrons. The zero-order valence-electron chi connectivity index (χ0n) is 12.4. The lowest BCUT2D eigenvalue weighted by Crippen LogP contribution is -2.33. The minimum absolute atomic E-state index is 0.163. The molecule has 0 saturated carbocycles. The van der Waals surface area contributed by atoms with Crippen molar-refractivity contribution >= 4 is 5.91 Å². The summed E-state index contributed by atoms with van der Waals surface area (Å²) in [5.41, 5.74) is 0.364. The molecule has 0 aliphatic heterocycles. The maximum atomic E-state index is 12.3. The van der Waals surface area contributed by atoms with Gasteiger partial charge in [0.15, 0.2) is 0 Å². The number of aryl methyl sites for hydroxylation is 1. The van der Waals surface area contributed by atoms with Gasteiger partial charge >= 0.3 is 6.01 Å². The molecule has 2 aromatic rings. The molecule has 2 rings (SSSR count). The van der Waals surface area contributed by atoms with E-state index in [9.17, 15) is 4.79 Å². The molecule has 112 valence electrons. The van der Waals surface area contributed by atoms with Crippen molar-refractivity contribution in [3.63, 3.8) is 0 Å². The van der Waals surface area contributed by atoms with Crippen molar-refractivity contribution in [3.05, 3.63) is 30.1 Å². The van der Waals surface area contributed by atoms with Gasteiger partial charge in [0.1, 0.15) is 12.2 Å². The summed E-state index contributed by atoms with van der Waals surface area (Å²) < 4.78 is 6.52. The topological polar surface area (TPSA) is 94.8 Å². The Balaban J connectivity index is 2.16. The Labute approximate surface area is 122 Å². The van der Waals surface area contributed by atoms with Crippen LogP contribution in [0.15, 0.2) is 18.7 Å². The predicted octanol–water partition coefficient (Wildman–Crippen LogP) is 0.741. The Morgan fingerprint density at radius 2 is 1.95 bits per heavy atom. The van der Waals surface area contributed by atoms with Crippen LogP contribution < -0.4 is 10.1 Å². The average molecular weight is 290 g/mol. The number of amides is 1. The van der Waals surface area contributed by atoms with E-state index in [1.54, 1.807) is 11.7 Å². The van der Waals surface area contributed by atoms with Crippen molar-refractivity contribution in [3.8, 4) is 6.01 Å². The molecule has 0 aliphatic carbocycles. The second-order valence-corrected chi connectivity index (χ2v) is 4.90. The summed E-state index contributed by atoms with van der Waals surface area (Å²) in [6.45, 7) is 4.01. The van der Waals surface area contributed by atoms with Crippen LogP contribution in [0.4, 0.5) is 0 Å². The van der Waals surface area contributed by atoms with E-state index in [1.807, 2.05) is 13.8 Å². The zero-order chi connectivity index (χ0) is 15.4. The summed E-state index contributed by atoms with van der Waals surface area (Å²) in [6, 6.07) is -0.0210. The lowest BCUT2D eigenvalue weighted by Gasteiger charge is -2.21. The molecular formula is C13H18N6O2. The Hall–Kier alpha value is -2.51. The van der Waals surface area contributed by atoms with Gasteiger partial charge in [0, 0.05) is 19.4 Å². The molecular weight excluding hydrogens is 272 g/mol. The normalized spacial score (nSPS) is 12.2. The van der Waals surface area contributed by atoms with Crippen molar-refractivity contribution in [2.24, 2.45) is 13.0 Å². The number of carbonyl (C=O) groups excluding carboxylic acids is 1. The number of nitrogens with one attached hydrogen (secondary N) is 1. The fraction of sp³-hybridized carbons (Fsp3) is 0.462. The van der Waals surface area contributed by atoms with Crippen LogP contribution in [-0.4, -0.2) is 37.7 Å². The van der Waals surface area contributed by atoms with E-state index >= 15 is 0 Å². The second kappa shape index (κ2) is 6.29. The largest absolute Gasteiger partial charge is 0.467 e. The number of hydrogen-bond acceptors (Lipinski definition) is 6. The molecule has 8 heteroatoms. The van der Waals surface area contributed by atoms with Crippen LogP contribution in [0, 0.1) is 5.92 Å². The molecule has 0 aromatic carbocycles. The fourth-order valence-corrected chi connectivity index (χ4v) is 1.88. The van der Waals surface area contributed by atoms with Crippen LogP contribution in [0.5, 0.6) is 6.01 Å². The van der Waals surface area contributed by atoms with Gasteiger partial charge in [0.05, 0.1) is 18.7 Å². The molecule has 8 nitrogen and oxygen atoms in total. The number of carbonyl (C=O) groups is 1. The number of ether oxygens (including phenoxy) is 1. The number of hydrogen-bond donors (Lipinski definition) is 1. The molecule has 0 fully saturated rings. The Bertz CT molecular complexity index is 607. The predicted molar refractivity (Wildman–Crippen MR) is 74.6 cm³/mol. The summed E-state index contributed by atoms with van der Waals surface area (Å²) >= 11 is 0. The van der Waals surface area contributed by atoms with Crippen LogP contribution in [-0.2, 0) is 7.05 Å². The highest BCUT2D eigenvalue weighted by molar-refractivity contribution is 5.93. The molecule has 1 atom stereocenters. The lowest BCUT2D eigenvalue weighted by atomic mass is 10.0. The van der Waals surface area contributed by atoms with E-state index in [1.165, 1.54) is 25.8 Å². The Morgan fingerprint density at radius 3 is 2.43 bits per heavy atom. The van der Waals surface area contributed by atoms with Gasteiger partial charge in [-0.1, -0.05) is 13.8 Å². The van der Waals surface area contributed by atoms with Crippen LogP contribution >= 0.6 is 0 Å². The van der Waals surface area contributed by atoms with Gasteiger partial charge in [-0.05, 0) is 5.92 Å². The molecule has 0 spiro atoms. The third-order valence-corrected chi connectivity index (χ3v) is 3.05. The van der Waals surface area contributed by atoms with Gasteiger partial charge in [-0.15, -0.1) is 0 Å². The van der Waals surface area contributed by atoms with Crippen LogP contribution in [0.1, 0.15) is 36.1 Å². The van der Waals surface area contributed by atoms with Crippen molar-refractivity contribution in [2.45, 2.75) is 19.9 Å². The van der Waals surface area contributed by atoms with Crippen molar-refractivity contribution < 1.29 is 9.53 Å². The minimum Gasteiger partial charge on any atom is -0.467 e. The molecule has 1 amide bonds. The minimum atomic E-state index is -0.264. The number of nitrogens with zero attached hydrogens (tertiary/aromatic N) is 5. The van der Waals surface area contributed by atoms with E-state index in [0.717, 1.165) is 0 Å². The van der Waals surface area contributed by atoms with Gasteiger partial charge < -0.3 is 10.1 Å². The summed E-state index contributed by atoms with van der Waals surface area (Å²) in [4.78, 5) is 24.3. The maximum absolute atomic E-state index is 12.3. The quantitative estimate of drug-likeness (QED) is 0.872. The zero-order valence-corrected chi connectivity index (χ0v) is 12.4. The highest BCUT2D eigenvalue weighted by Crippen LogP contribution is 2.19. The lowest BCUT2D eigenvalue weighted by molar-refractivity contribution is 0.0921. The van der Waals surface area contributed by atoms with E-state index < -0.39 is 0 Å². The highest BCUT2D eigenvalue weighted by Gasteiger charge is 2.23. The third kappa shape index (κ3) is 3.33. The van der Waals surface area contributed by atoms with E-state index in [4.69, 9.17) is 4.74 Å². The standard InChI is InChI=1S/C13H18N6O2/c1-8(2)10(11-16-7-17-19(11)3)18-12(20)9-5-14-13(21-4)15-6-9/h5-8,10H,1-4H3,(H,18,20)/t10-/m0/s1. The van der Waals surface area contributed by atoms with E-state index in [2.05, 4.69) is 25.4 Å².